The standard InChI is InChI=1S/C9H14O5/c1-6(10)13-7(2)14-9(11)8-3-4-12-5-8/h7-8H,3-5H2,1-2H3. The minimum atomic E-state index is -0.819. The molecule has 0 radical (unpaired) electrons. The van der Waals surface area contributed by atoms with Gasteiger partial charge in [0.15, 0.2) is 0 Å². The van der Waals surface area contributed by atoms with Crippen LogP contribution in [0, 0.1) is 5.92 Å². The van der Waals surface area contributed by atoms with Gasteiger partial charge in [-0.05, 0) is 6.42 Å². The van der Waals surface area contributed by atoms with Crippen molar-refractivity contribution >= 4 is 11.9 Å². The average molecular weight is 202 g/mol. The smallest absolute Gasteiger partial charge is 0.314 e. The summed E-state index contributed by atoms with van der Waals surface area (Å²) in [5.41, 5.74) is 0. The summed E-state index contributed by atoms with van der Waals surface area (Å²) in [5, 5.41) is 0. The normalized spacial score (nSPS) is 22.9. The van der Waals surface area contributed by atoms with E-state index in [0.29, 0.717) is 19.6 Å². The Balaban J connectivity index is 2.28. The molecule has 1 aliphatic rings. The van der Waals surface area contributed by atoms with Crippen molar-refractivity contribution in [3.63, 3.8) is 0 Å². The molecular weight excluding hydrogens is 188 g/mol. The Hall–Kier alpha value is -1.10. The summed E-state index contributed by atoms with van der Waals surface area (Å²) in [6.07, 6.45) is -0.147. The summed E-state index contributed by atoms with van der Waals surface area (Å²) in [6.45, 7) is 3.76. The van der Waals surface area contributed by atoms with Crippen molar-refractivity contribution in [2.45, 2.75) is 26.6 Å². The van der Waals surface area contributed by atoms with E-state index in [2.05, 4.69) is 4.74 Å². The van der Waals surface area contributed by atoms with Gasteiger partial charge in [0, 0.05) is 20.5 Å². The van der Waals surface area contributed by atoms with E-state index >= 15 is 0 Å². The van der Waals surface area contributed by atoms with E-state index in [1.54, 1.807) is 0 Å². The van der Waals surface area contributed by atoms with Gasteiger partial charge in [-0.1, -0.05) is 0 Å². The van der Waals surface area contributed by atoms with Crippen molar-refractivity contribution in [3.05, 3.63) is 0 Å². The van der Waals surface area contributed by atoms with Crippen LogP contribution in [0.2, 0.25) is 0 Å². The van der Waals surface area contributed by atoms with Gasteiger partial charge in [-0.2, -0.15) is 0 Å². The Morgan fingerprint density at radius 1 is 1.43 bits per heavy atom. The number of ether oxygens (including phenoxy) is 3. The molecule has 1 saturated heterocycles. The van der Waals surface area contributed by atoms with Gasteiger partial charge in [-0.3, -0.25) is 9.59 Å². The summed E-state index contributed by atoms with van der Waals surface area (Å²) < 4.78 is 14.6. The minimum Gasteiger partial charge on any atom is -0.426 e. The maximum Gasteiger partial charge on any atom is 0.314 e. The first-order valence-electron chi connectivity index (χ1n) is 4.55. The van der Waals surface area contributed by atoms with E-state index in [-0.39, 0.29) is 11.9 Å². The van der Waals surface area contributed by atoms with Crippen molar-refractivity contribution in [2.24, 2.45) is 5.92 Å². The highest BCUT2D eigenvalue weighted by Crippen LogP contribution is 2.14. The van der Waals surface area contributed by atoms with Crippen molar-refractivity contribution < 1.29 is 23.8 Å². The fourth-order valence-corrected chi connectivity index (χ4v) is 1.24. The van der Waals surface area contributed by atoms with Crippen molar-refractivity contribution in [3.8, 4) is 0 Å². The Labute approximate surface area is 82.3 Å². The molecule has 0 aliphatic carbocycles. The van der Waals surface area contributed by atoms with E-state index in [9.17, 15) is 9.59 Å². The minimum absolute atomic E-state index is 0.215. The van der Waals surface area contributed by atoms with Crippen LogP contribution in [0.25, 0.3) is 0 Å². The average Bonchev–Trinajstić information content (AvgIpc) is 2.53. The Morgan fingerprint density at radius 3 is 2.64 bits per heavy atom. The Morgan fingerprint density at radius 2 is 2.14 bits per heavy atom. The van der Waals surface area contributed by atoms with Gasteiger partial charge in [0.2, 0.25) is 6.29 Å². The zero-order valence-electron chi connectivity index (χ0n) is 8.32. The third kappa shape index (κ3) is 3.33. The van der Waals surface area contributed by atoms with Crippen LogP contribution in [0.4, 0.5) is 0 Å². The first kappa shape index (κ1) is 11.0. The lowest BCUT2D eigenvalue weighted by Gasteiger charge is -2.14. The molecule has 2 unspecified atom stereocenters. The van der Waals surface area contributed by atoms with E-state index in [4.69, 9.17) is 9.47 Å². The SMILES string of the molecule is CC(=O)OC(C)OC(=O)C1CCOC1. The lowest BCUT2D eigenvalue weighted by molar-refractivity contribution is -0.185. The highest BCUT2D eigenvalue weighted by atomic mass is 16.7. The second kappa shape index (κ2) is 4.95. The molecule has 0 aromatic heterocycles. The van der Waals surface area contributed by atoms with Gasteiger partial charge in [0.1, 0.15) is 0 Å². The fourth-order valence-electron chi connectivity index (χ4n) is 1.24. The van der Waals surface area contributed by atoms with Crippen LogP contribution in [0.5, 0.6) is 0 Å². The van der Waals surface area contributed by atoms with Gasteiger partial charge >= 0.3 is 11.9 Å². The molecule has 0 N–H and O–H groups in total. The largest absolute Gasteiger partial charge is 0.426 e. The molecule has 1 fully saturated rings. The van der Waals surface area contributed by atoms with Crippen LogP contribution >= 0.6 is 0 Å². The fraction of sp³-hybridized carbons (Fsp3) is 0.778. The lowest BCUT2D eigenvalue weighted by Crippen LogP contribution is -2.25. The molecule has 5 heteroatoms. The summed E-state index contributed by atoms with van der Waals surface area (Å²) in [5.74, 6) is -1.04. The second-order valence-electron chi connectivity index (χ2n) is 3.17. The van der Waals surface area contributed by atoms with Crippen LogP contribution in [-0.2, 0) is 23.8 Å². The quantitative estimate of drug-likeness (QED) is 0.492. The number of rotatable bonds is 3. The van der Waals surface area contributed by atoms with Gasteiger partial charge in [-0.15, -0.1) is 0 Å². The van der Waals surface area contributed by atoms with Gasteiger partial charge in [0.05, 0.1) is 12.5 Å². The molecule has 0 spiro atoms. The second-order valence-corrected chi connectivity index (χ2v) is 3.17. The van der Waals surface area contributed by atoms with E-state index in [0.717, 1.165) is 0 Å². The van der Waals surface area contributed by atoms with E-state index in [1.807, 2.05) is 0 Å². The maximum absolute atomic E-state index is 11.3. The number of carbonyl (C=O) groups is 2. The third-order valence-electron chi connectivity index (χ3n) is 1.88. The molecule has 1 heterocycles. The van der Waals surface area contributed by atoms with Crippen LogP contribution in [-0.4, -0.2) is 31.4 Å². The lowest BCUT2D eigenvalue weighted by atomic mass is 10.1. The van der Waals surface area contributed by atoms with Crippen LogP contribution in [0.3, 0.4) is 0 Å². The monoisotopic (exact) mass is 202 g/mol. The molecule has 2 atom stereocenters. The zero-order chi connectivity index (χ0) is 10.6. The zero-order valence-corrected chi connectivity index (χ0v) is 8.32. The van der Waals surface area contributed by atoms with E-state index in [1.165, 1.54) is 13.8 Å². The van der Waals surface area contributed by atoms with Crippen molar-refractivity contribution in [1.82, 2.24) is 0 Å². The summed E-state index contributed by atoms with van der Waals surface area (Å²) in [6, 6.07) is 0. The molecule has 0 aromatic carbocycles. The van der Waals surface area contributed by atoms with Gasteiger partial charge in [0.25, 0.3) is 0 Å². The molecule has 0 aromatic rings. The first-order valence-corrected chi connectivity index (χ1v) is 4.55. The predicted octanol–water partition coefficient (Wildman–Crippen LogP) is 0.475. The Bertz CT molecular complexity index is 219. The molecule has 5 nitrogen and oxygen atoms in total. The van der Waals surface area contributed by atoms with Gasteiger partial charge in [-0.25, -0.2) is 0 Å². The molecule has 1 aliphatic heterocycles. The summed E-state index contributed by atoms with van der Waals surface area (Å²) >= 11 is 0. The highest BCUT2D eigenvalue weighted by Gasteiger charge is 2.26. The molecule has 0 bridgehead atoms. The highest BCUT2D eigenvalue weighted by molar-refractivity contribution is 5.73. The number of carbonyl (C=O) groups excluding carboxylic acids is 2. The number of hydrogen-bond donors (Lipinski definition) is 0. The molecule has 0 amide bonds. The number of esters is 2. The maximum atomic E-state index is 11.3. The van der Waals surface area contributed by atoms with Crippen LogP contribution < -0.4 is 0 Å². The van der Waals surface area contributed by atoms with Gasteiger partial charge < -0.3 is 14.2 Å². The molecular formula is C9H14O5. The van der Waals surface area contributed by atoms with Crippen molar-refractivity contribution in [2.75, 3.05) is 13.2 Å². The molecule has 14 heavy (non-hydrogen) atoms. The predicted molar refractivity (Wildman–Crippen MR) is 46.2 cm³/mol. The summed E-state index contributed by atoms with van der Waals surface area (Å²) in [4.78, 5) is 21.9. The molecule has 80 valence electrons. The molecule has 1 rings (SSSR count). The van der Waals surface area contributed by atoms with Crippen LogP contribution in [0.1, 0.15) is 20.3 Å². The third-order valence-corrected chi connectivity index (χ3v) is 1.88. The van der Waals surface area contributed by atoms with E-state index < -0.39 is 12.3 Å². The number of hydrogen-bond acceptors (Lipinski definition) is 5. The summed E-state index contributed by atoms with van der Waals surface area (Å²) in [7, 11) is 0. The topological polar surface area (TPSA) is 61.8 Å². The Kier molecular flexibility index (Phi) is 3.88. The van der Waals surface area contributed by atoms with Crippen molar-refractivity contribution in [1.29, 1.82) is 0 Å². The van der Waals surface area contributed by atoms with Crippen LogP contribution in [0.15, 0.2) is 0 Å². The first-order chi connectivity index (χ1) is 6.59. The molecule has 0 saturated carbocycles.